The van der Waals surface area contributed by atoms with Gasteiger partial charge in [0.1, 0.15) is 0 Å². The highest BCUT2D eigenvalue weighted by Gasteiger charge is 2.14. The van der Waals surface area contributed by atoms with E-state index in [-0.39, 0.29) is 5.54 Å². The Morgan fingerprint density at radius 2 is 2.00 bits per heavy atom. The van der Waals surface area contributed by atoms with Gasteiger partial charge in [0.15, 0.2) is 0 Å². The fourth-order valence-corrected chi connectivity index (χ4v) is 1.05. The summed E-state index contributed by atoms with van der Waals surface area (Å²) in [4.78, 5) is 0. The van der Waals surface area contributed by atoms with E-state index in [9.17, 15) is 0 Å². The molecule has 0 aromatic carbocycles. The predicted octanol–water partition coefficient (Wildman–Crippen LogP) is 3.94. The molecule has 2 nitrogen and oxygen atoms in total. The van der Waals surface area contributed by atoms with E-state index in [0.717, 1.165) is 6.42 Å². The lowest BCUT2D eigenvalue weighted by atomic mass is 9.98. The van der Waals surface area contributed by atoms with Crippen molar-refractivity contribution in [1.29, 1.82) is 0 Å². The van der Waals surface area contributed by atoms with Crippen LogP contribution in [0, 0.1) is 0 Å². The second kappa shape index (κ2) is 5.92. The average molecular weight is 168 g/mol. The van der Waals surface area contributed by atoms with Gasteiger partial charge in [-0.2, -0.15) is 10.2 Å². The van der Waals surface area contributed by atoms with Crippen molar-refractivity contribution in [2.24, 2.45) is 10.2 Å². The topological polar surface area (TPSA) is 24.7 Å². The van der Waals surface area contributed by atoms with Crippen molar-refractivity contribution < 1.29 is 0 Å². The number of hydrogen-bond acceptors (Lipinski definition) is 2. The number of azo groups is 1. The third kappa shape index (κ3) is 6.08. The first-order valence-electron chi connectivity index (χ1n) is 4.65. The van der Waals surface area contributed by atoms with Crippen LogP contribution in [0.4, 0.5) is 0 Å². The van der Waals surface area contributed by atoms with Gasteiger partial charge in [-0.25, -0.2) is 0 Å². The zero-order valence-corrected chi connectivity index (χ0v) is 8.51. The molecule has 0 aliphatic heterocycles. The zero-order valence-electron chi connectivity index (χ0n) is 8.51. The van der Waals surface area contributed by atoms with Crippen LogP contribution >= 0.6 is 0 Å². The van der Waals surface area contributed by atoms with Gasteiger partial charge in [0.25, 0.3) is 0 Å². The Bertz CT molecular complexity index is 148. The first kappa shape index (κ1) is 11.3. The maximum atomic E-state index is 4.15. The van der Waals surface area contributed by atoms with Crippen molar-refractivity contribution in [3.8, 4) is 0 Å². The highest BCUT2D eigenvalue weighted by molar-refractivity contribution is 4.76. The fraction of sp³-hybridized carbons (Fsp3) is 0.800. The third-order valence-electron chi connectivity index (χ3n) is 1.80. The molecular weight excluding hydrogens is 148 g/mol. The van der Waals surface area contributed by atoms with E-state index in [0.29, 0.717) is 0 Å². The molecule has 70 valence electrons. The Kier molecular flexibility index (Phi) is 5.60. The van der Waals surface area contributed by atoms with Crippen molar-refractivity contribution in [2.45, 2.75) is 52.0 Å². The summed E-state index contributed by atoms with van der Waals surface area (Å²) in [7, 11) is 0. The monoisotopic (exact) mass is 168 g/mol. The van der Waals surface area contributed by atoms with Crippen molar-refractivity contribution >= 4 is 0 Å². The summed E-state index contributed by atoms with van der Waals surface area (Å²) in [6.45, 7) is 9.92. The van der Waals surface area contributed by atoms with E-state index in [4.69, 9.17) is 0 Å². The molecule has 0 heterocycles. The Labute approximate surface area is 75.8 Å². The standard InChI is InChI=1S/C10H20N2/c1-5-7-8-9-10(3,4)12-11-6-2/h6H,2,5,7-9H2,1,3-4H3. The SMILES string of the molecule is C=CN=NC(C)(C)CCCCC. The Morgan fingerprint density at radius 3 is 2.50 bits per heavy atom. The van der Waals surface area contributed by atoms with E-state index >= 15 is 0 Å². The molecule has 0 amide bonds. The zero-order chi connectivity index (χ0) is 9.45. The van der Waals surface area contributed by atoms with Crippen LogP contribution in [0.1, 0.15) is 46.5 Å². The van der Waals surface area contributed by atoms with E-state index in [1.807, 2.05) is 0 Å². The molecule has 0 radical (unpaired) electrons. The van der Waals surface area contributed by atoms with E-state index in [1.54, 1.807) is 0 Å². The molecule has 0 bridgehead atoms. The average Bonchev–Trinajstić information content (AvgIpc) is 2.01. The van der Waals surface area contributed by atoms with Gasteiger partial charge in [-0.05, 0) is 20.3 Å². The van der Waals surface area contributed by atoms with E-state index in [1.165, 1.54) is 25.5 Å². The molecule has 2 heteroatoms. The van der Waals surface area contributed by atoms with E-state index in [2.05, 4.69) is 37.6 Å². The molecule has 0 spiro atoms. The molecule has 0 saturated heterocycles. The molecule has 0 aliphatic carbocycles. The Morgan fingerprint density at radius 1 is 1.33 bits per heavy atom. The molecule has 0 saturated carbocycles. The van der Waals surface area contributed by atoms with Crippen LogP contribution in [0.5, 0.6) is 0 Å². The molecule has 0 atom stereocenters. The summed E-state index contributed by atoms with van der Waals surface area (Å²) in [5.74, 6) is 0. The summed E-state index contributed by atoms with van der Waals surface area (Å²) in [5, 5.41) is 7.96. The number of hydrogen-bond donors (Lipinski definition) is 0. The minimum atomic E-state index is -0.0106. The van der Waals surface area contributed by atoms with E-state index < -0.39 is 0 Å². The lowest BCUT2D eigenvalue weighted by molar-refractivity contribution is 0.433. The lowest BCUT2D eigenvalue weighted by Crippen LogP contribution is -2.15. The molecular formula is C10H20N2. The second-order valence-corrected chi connectivity index (χ2v) is 3.67. The predicted molar refractivity (Wildman–Crippen MR) is 53.3 cm³/mol. The third-order valence-corrected chi connectivity index (χ3v) is 1.80. The lowest BCUT2D eigenvalue weighted by Gasteiger charge is -2.16. The van der Waals surface area contributed by atoms with Gasteiger partial charge in [-0.15, -0.1) is 0 Å². The molecule has 12 heavy (non-hydrogen) atoms. The minimum absolute atomic E-state index is 0.0106. The Balaban J connectivity index is 3.70. The first-order chi connectivity index (χ1) is 5.62. The van der Waals surface area contributed by atoms with Crippen LogP contribution in [-0.2, 0) is 0 Å². The van der Waals surface area contributed by atoms with Crippen LogP contribution < -0.4 is 0 Å². The quantitative estimate of drug-likeness (QED) is 0.424. The Hall–Kier alpha value is -0.660. The van der Waals surface area contributed by atoms with Crippen LogP contribution in [0.2, 0.25) is 0 Å². The summed E-state index contributed by atoms with van der Waals surface area (Å²) in [5.41, 5.74) is -0.0106. The molecule has 0 fully saturated rings. The van der Waals surface area contributed by atoms with Gasteiger partial charge in [0.2, 0.25) is 0 Å². The minimum Gasteiger partial charge on any atom is -0.183 e. The van der Waals surface area contributed by atoms with Gasteiger partial charge in [-0.3, -0.25) is 0 Å². The molecule has 0 unspecified atom stereocenters. The summed E-state index contributed by atoms with van der Waals surface area (Å²) in [6, 6.07) is 0. The van der Waals surface area contributed by atoms with Crippen LogP contribution in [0.25, 0.3) is 0 Å². The van der Waals surface area contributed by atoms with Crippen molar-refractivity contribution in [2.75, 3.05) is 0 Å². The highest BCUT2D eigenvalue weighted by Crippen LogP contribution is 2.18. The molecule has 0 N–H and O–H groups in total. The normalized spacial score (nSPS) is 12.2. The van der Waals surface area contributed by atoms with Gasteiger partial charge >= 0.3 is 0 Å². The number of rotatable bonds is 6. The van der Waals surface area contributed by atoms with Gasteiger partial charge in [0, 0.05) is 6.20 Å². The van der Waals surface area contributed by atoms with Crippen molar-refractivity contribution in [3.63, 3.8) is 0 Å². The van der Waals surface area contributed by atoms with Crippen LogP contribution in [0.15, 0.2) is 23.0 Å². The summed E-state index contributed by atoms with van der Waals surface area (Å²) < 4.78 is 0. The second-order valence-electron chi connectivity index (χ2n) is 3.67. The smallest absolute Gasteiger partial charge is 0.0764 e. The summed E-state index contributed by atoms with van der Waals surface area (Å²) in [6.07, 6.45) is 6.38. The number of nitrogens with zero attached hydrogens (tertiary/aromatic N) is 2. The molecule has 0 rings (SSSR count). The molecule has 0 aromatic rings. The van der Waals surface area contributed by atoms with Gasteiger partial charge in [0.05, 0.1) is 5.54 Å². The highest BCUT2D eigenvalue weighted by atomic mass is 15.1. The number of unbranched alkanes of at least 4 members (excludes halogenated alkanes) is 2. The van der Waals surface area contributed by atoms with Gasteiger partial charge in [-0.1, -0.05) is 32.8 Å². The summed E-state index contributed by atoms with van der Waals surface area (Å²) >= 11 is 0. The van der Waals surface area contributed by atoms with Crippen LogP contribution in [-0.4, -0.2) is 5.54 Å². The first-order valence-corrected chi connectivity index (χ1v) is 4.65. The largest absolute Gasteiger partial charge is 0.183 e. The maximum Gasteiger partial charge on any atom is 0.0764 e. The fourth-order valence-electron chi connectivity index (χ4n) is 1.05. The maximum absolute atomic E-state index is 4.15. The van der Waals surface area contributed by atoms with Crippen LogP contribution in [0.3, 0.4) is 0 Å². The molecule has 0 aromatic heterocycles. The molecule has 0 aliphatic rings. The van der Waals surface area contributed by atoms with Crippen molar-refractivity contribution in [1.82, 2.24) is 0 Å². The van der Waals surface area contributed by atoms with Crippen molar-refractivity contribution in [3.05, 3.63) is 12.8 Å². The van der Waals surface area contributed by atoms with Gasteiger partial charge < -0.3 is 0 Å².